The van der Waals surface area contributed by atoms with Crippen LogP contribution in [0.1, 0.15) is 43.7 Å². The van der Waals surface area contributed by atoms with Crippen molar-refractivity contribution in [3.8, 4) is 0 Å². The third kappa shape index (κ3) is 2.58. The number of benzene rings is 1. The van der Waals surface area contributed by atoms with Crippen molar-refractivity contribution in [1.29, 1.82) is 0 Å². The first kappa shape index (κ1) is 10.7. The molecule has 2 rings (SSSR count). The number of fused-ring (bicyclic) bond motifs is 1. The van der Waals surface area contributed by atoms with E-state index in [0.29, 0.717) is 0 Å². The lowest BCUT2D eigenvalue weighted by Gasteiger charge is -2.07. The standard InChI is InChI=1S/C14H19F/c1-2-3-4-5-11-8-12-6-7-14(15)10-13(12)9-11/h6-7,10-11H,2-5,8-9H2,1H3. The van der Waals surface area contributed by atoms with E-state index in [1.165, 1.54) is 43.2 Å². The molecule has 0 spiro atoms. The molecule has 0 fully saturated rings. The van der Waals surface area contributed by atoms with Crippen molar-refractivity contribution in [3.05, 3.63) is 35.1 Å². The first-order chi connectivity index (χ1) is 7.29. The third-order valence-corrected chi connectivity index (χ3v) is 3.40. The van der Waals surface area contributed by atoms with E-state index in [1.807, 2.05) is 6.07 Å². The lowest BCUT2D eigenvalue weighted by Crippen LogP contribution is -1.98. The number of rotatable bonds is 4. The monoisotopic (exact) mass is 206 g/mol. The highest BCUT2D eigenvalue weighted by Gasteiger charge is 2.20. The van der Waals surface area contributed by atoms with Gasteiger partial charge in [0.25, 0.3) is 0 Å². The largest absolute Gasteiger partial charge is 0.207 e. The lowest BCUT2D eigenvalue weighted by atomic mass is 9.98. The van der Waals surface area contributed by atoms with Gasteiger partial charge >= 0.3 is 0 Å². The Morgan fingerprint density at radius 3 is 2.80 bits per heavy atom. The summed E-state index contributed by atoms with van der Waals surface area (Å²) in [6, 6.07) is 5.27. The Labute approximate surface area is 91.5 Å². The van der Waals surface area contributed by atoms with Crippen LogP contribution in [0.25, 0.3) is 0 Å². The second-order valence-corrected chi connectivity index (χ2v) is 4.68. The SMILES string of the molecule is CCCCCC1Cc2ccc(F)cc2C1. The van der Waals surface area contributed by atoms with Gasteiger partial charge in [-0.05, 0) is 48.4 Å². The first-order valence-electron chi connectivity index (χ1n) is 6.07. The molecule has 0 amide bonds. The number of hydrogen-bond acceptors (Lipinski definition) is 0. The Kier molecular flexibility index (Phi) is 3.40. The highest BCUT2D eigenvalue weighted by Crippen LogP contribution is 2.30. The summed E-state index contributed by atoms with van der Waals surface area (Å²) in [6.45, 7) is 2.23. The molecule has 1 aliphatic carbocycles. The van der Waals surface area contributed by atoms with Crippen LogP contribution in [0.15, 0.2) is 18.2 Å². The van der Waals surface area contributed by atoms with Gasteiger partial charge in [0.05, 0.1) is 0 Å². The second-order valence-electron chi connectivity index (χ2n) is 4.68. The summed E-state index contributed by atoms with van der Waals surface area (Å²) in [5.41, 5.74) is 2.62. The van der Waals surface area contributed by atoms with Crippen molar-refractivity contribution in [2.45, 2.75) is 45.4 Å². The van der Waals surface area contributed by atoms with E-state index < -0.39 is 0 Å². The number of hydrogen-bond donors (Lipinski definition) is 0. The maximum atomic E-state index is 13.0. The smallest absolute Gasteiger partial charge is 0.123 e. The van der Waals surface area contributed by atoms with Crippen molar-refractivity contribution < 1.29 is 4.39 Å². The summed E-state index contributed by atoms with van der Waals surface area (Å²) in [5.74, 6) is 0.691. The summed E-state index contributed by atoms with van der Waals surface area (Å²) in [6.07, 6.45) is 7.52. The Hall–Kier alpha value is -0.850. The van der Waals surface area contributed by atoms with Gasteiger partial charge in [-0.1, -0.05) is 32.3 Å². The van der Waals surface area contributed by atoms with Gasteiger partial charge in [-0.2, -0.15) is 0 Å². The fraction of sp³-hybridized carbons (Fsp3) is 0.571. The quantitative estimate of drug-likeness (QED) is 0.650. The van der Waals surface area contributed by atoms with Crippen LogP contribution in [-0.2, 0) is 12.8 Å². The van der Waals surface area contributed by atoms with Crippen LogP contribution in [0.4, 0.5) is 4.39 Å². The molecule has 0 N–H and O–H groups in total. The molecule has 0 radical (unpaired) electrons. The maximum Gasteiger partial charge on any atom is 0.123 e. The van der Waals surface area contributed by atoms with Crippen LogP contribution in [0.5, 0.6) is 0 Å². The molecule has 1 heteroatoms. The molecule has 0 aliphatic heterocycles. The summed E-state index contributed by atoms with van der Waals surface area (Å²) < 4.78 is 13.0. The molecule has 0 heterocycles. The van der Waals surface area contributed by atoms with Crippen molar-refractivity contribution >= 4 is 0 Å². The van der Waals surface area contributed by atoms with Gasteiger partial charge in [0.1, 0.15) is 5.82 Å². The number of halogens is 1. The fourth-order valence-corrected chi connectivity index (χ4v) is 2.56. The van der Waals surface area contributed by atoms with Gasteiger partial charge < -0.3 is 0 Å². The molecule has 1 aliphatic rings. The minimum absolute atomic E-state index is 0.0806. The summed E-state index contributed by atoms with van der Waals surface area (Å²) in [7, 11) is 0. The van der Waals surface area contributed by atoms with Gasteiger partial charge in [-0.15, -0.1) is 0 Å². The average Bonchev–Trinajstić information content (AvgIpc) is 2.60. The highest BCUT2D eigenvalue weighted by atomic mass is 19.1. The fourth-order valence-electron chi connectivity index (χ4n) is 2.56. The van der Waals surface area contributed by atoms with E-state index in [-0.39, 0.29) is 5.82 Å². The van der Waals surface area contributed by atoms with Crippen molar-refractivity contribution in [2.24, 2.45) is 5.92 Å². The third-order valence-electron chi connectivity index (χ3n) is 3.40. The Morgan fingerprint density at radius 1 is 1.20 bits per heavy atom. The van der Waals surface area contributed by atoms with Crippen LogP contribution >= 0.6 is 0 Å². The van der Waals surface area contributed by atoms with Crippen molar-refractivity contribution in [3.63, 3.8) is 0 Å². The molecule has 0 aromatic heterocycles. The highest BCUT2D eigenvalue weighted by molar-refractivity contribution is 5.32. The van der Waals surface area contributed by atoms with E-state index in [9.17, 15) is 4.39 Å². The molecule has 1 unspecified atom stereocenters. The van der Waals surface area contributed by atoms with E-state index >= 15 is 0 Å². The molecule has 1 aromatic rings. The minimum atomic E-state index is -0.0806. The second kappa shape index (κ2) is 4.78. The van der Waals surface area contributed by atoms with E-state index in [0.717, 1.165) is 12.3 Å². The average molecular weight is 206 g/mol. The molecule has 0 saturated carbocycles. The summed E-state index contributed by atoms with van der Waals surface area (Å²) in [4.78, 5) is 0. The Bertz CT molecular complexity index is 330. The van der Waals surface area contributed by atoms with Gasteiger partial charge in [0.2, 0.25) is 0 Å². The normalized spacial score (nSPS) is 19.2. The minimum Gasteiger partial charge on any atom is -0.207 e. The van der Waals surface area contributed by atoms with Gasteiger partial charge in [-0.25, -0.2) is 4.39 Å². The van der Waals surface area contributed by atoms with E-state index in [4.69, 9.17) is 0 Å². The molecule has 0 bridgehead atoms. The zero-order chi connectivity index (χ0) is 10.7. The van der Waals surface area contributed by atoms with Crippen molar-refractivity contribution in [1.82, 2.24) is 0 Å². The maximum absolute atomic E-state index is 13.0. The molecular weight excluding hydrogens is 187 g/mol. The Balaban J connectivity index is 1.91. The molecule has 1 aromatic carbocycles. The Morgan fingerprint density at radius 2 is 2.00 bits per heavy atom. The predicted octanol–water partition coefficient (Wildman–Crippen LogP) is 4.12. The zero-order valence-corrected chi connectivity index (χ0v) is 9.43. The molecule has 0 nitrogen and oxygen atoms in total. The van der Waals surface area contributed by atoms with E-state index in [2.05, 4.69) is 6.92 Å². The predicted molar refractivity (Wildman–Crippen MR) is 61.4 cm³/mol. The summed E-state index contributed by atoms with van der Waals surface area (Å²) in [5, 5.41) is 0. The van der Waals surface area contributed by atoms with Crippen LogP contribution in [-0.4, -0.2) is 0 Å². The van der Waals surface area contributed by atoms with Crippen LogP contribution < -0.4 is 0 Å². The van der Waals surface area contributed by atoms with Crippen molar-refractivity contribution in [2.75, 3.05) is 0 Å². The molecule has 1 atom stereocenters. The van der Waals surface area contributed by atoms with E-state index in [1.54, 1.807) is 12.1 Å². The van der Waals surface area contributed by atoms with Gasteiger partial charge in [0, 0.05) is 0 Å². The van der Waals surface area contributed by atoms with Crippen LogP contribution in [0.3, 0.4) is 0 Å². The van der Waals surface area contributed by atoms with Gasteiger partial charge in [0.15, 0.2) is 0 Å². The zero-order valence-electron chi connectivity index (χ0n) is 9.43. The van der Waals surface area contributed by atoms with Crippen LogP contribution in [0, 0.1) is 11.7 Å². The number of unbranched alkanes of at least 4 members (excludes halogenated alkanes) is 2. The topological polar surface area (TPSA) is 0 Å². The lowest BCUT2D eigenvalue weighted by molar-refractivity contribution is 0.480. The van der Waals surface area contributed by atoms with Gasteiger partial charge in [-0.3, -0.25) is 0 Å². The molecule has 0 saturated heterocycles. The molecule has 82 valence electrons. The molecular formula is C14H19F. The van der Waals surface area contributed by atoms with Crippen LogP contribution in [0.2, 0.25) is 0 Å². The first-order valence-corrected chi connectivity index (χ1v) is 6.07. The molecule has 15 heavy (non-hydrogen) atoms. The summed E-state index contributed by atoms with van der Waals surface area (Å²) >= 11 is 0.